The van der Waals surface area contributed by atoms with Crippen molar-refractivity contribution in [3.63, 3.8) is 0 Å². The van der Waals surface area contributed by atoms with Gasteiger partial charge in [-0.3, -0.25) is 9.69 Å². The summed E-state index contributed by atoms with van der Waals surface area (Å²) in [4.78, 5) is 17.4. The zero-order chi connectivity index (χ0) is 21.9. The minimum atomic E-state index is -3.72. The maximum absolute atomic E-state index is 13.4. The number of sulfonamides is 1. The number of aromatic nitrogens is 1. The molecule has 0 radical (unpaired) electrons. The highest BCUT2D eigenvalue weighted by Crippen LogP contribution is 2.26. The zero-order valence-corrected chi connectivity index (χ0v) is 18.9. The van der Waals surface area contributed by atoms with Crippen LogP contribution in [0.2, 0.25) is 0 Å². The van der Waals surface area contributed by atoms with E-state index in [1.807, 2.05) is 49.2 Å². The average Bonchev–Trinajstić information content (AvgIpc) is 2.93. The van der Waals surface area contributed by atoms with Gasteiger partial charge in [0.1, 0.15) is 16.6 Å². The molecule has 9 heteroatoms. The maximum atomic E-state index is 13.4. The molecule has 8 nitrogen and oxygen atoms in total. The van der Waals surface area contributed by atoms with Crippen molar-refractivity contribution in [1.82, 2.24) is 19.3 Å². The fourth-order valence-corrected chi connectivity index (χ4v) is 5.66. The van der Waals surface area contributed by atoms with Crippen molar-refractivity contribution in [2.24, 2.45) is 0 Å². The van der Waals surface area contributed by atoms with Crippen LogP contribution in [-0.2, 0) is 14.8 Å². The van der Waals surface area contributed by atoms with Gasteiger partial charge in [-0.05, 0) is 39.4 Å². The number of aryl methyl sites for hydroxylation is 2. The normalized spacial score (nSPS) is 17.2. The van der Waals surface area contributed by atoms with E-state index in [4.69, 9.17) is 4.52 Å². The Bertz CT molecular complexity index is 955. The molecule has 0 spiro atoms. The Balaban J connectivity index is 1.79. The van der Waals surface area contributed by atoms with E-state index in [2.05, 4.69) is 5.16 Å². The fraction of sp³-hybridized carbons (Fsp3) is 0.524. The lowest BCUT2D eigenvalue weighted by Gasteiger charge is -2.31. The highest BCUT2D eigenvalue weighted by molar-refractivity contribution is 7.89. The smallest absolute Gasteiger partial charge is 0.248 e. The molecule has 164 valence electrons. The van der Waals surface area contributed by atoms with Crippen LogP contribution >= 0.6 is 0 Å². The van der Waals surface area contributed by atoms with Crippen LogP contribution in [0.15, 0.2) is 39.8 Å². The molecule has 0 saturated carbocycles. The van der Waals surface area contributed by atoms with Gasteiger partial charge in [-0.1, -0.05) is 42.4 Å². The molecule has 1 fully saturated rings. The summed E-state index contributed by atoms with van der Waals surface area (Å²) in [6.07, 6.45) is 0.575. The summed E-state index contributed by atoms with van der Waals surface area (Å²) in [5, 5.41) is 3.78. The molecule has 1 aromatic carbocycles. The van der Waals surface area contributed by atoms with E-state index in [1.165, 1.54) is 4.31 Å². The zero-order valence-electron chi connectivity index (χ0n) is 18.0. The second-order valence-electron chi connectivity index (χ2n) is 7.62. The first-order chi connectivity index (χ1) is 14.3. The average molecular weight is 435 g/mol. The number of carbonyl (C=O) groups is 1. The van der Waals surface area contributed by atoms with Crippen LogP contribution in [0.5, 0.6) is 0 Å². The molecular formula is C21H30N4O4S. The third kappa shape index (κ3) is 4.43. The van der Waals surface area contributed by atoms with Crippen LogP contribution < -0.4 is 0 Å². The topological polar surface area (TPSA) is 87.0 Å². The van der Waals surface area contributed by atoms with Crippen LogP contribution in [0.3, 0.4) is 0 Å². The van der Waals surface area contributed by atoms with E-state index in [1.54, 1.807) is 18.7 Å². The van der Waals surface area contributed by atoms with Gasteiger partial charge in [0.15, 0.2) is 5.76 Å². The molecule has 1 aliphatic heterocycles. The molecule has 30 heavy (non-hydrogen) atoms. The predicted octanol–water partition coefficient (Wildman–Crippen LogP) is 2.21. The quantitative estimate of drug-likeness (QED) is 0.693. The van der Waals surface area contributed by atoms with E-state index in [0.717, 1.165) is 12.1 Å². The highest BCUT2D eigenvalue weighted by Gasteiger charge is 2.35. The molecule has 2 aromatic rings. The van der Waals surface area contributed by atoms with E-state index < -0.39 is 10.0 Å². The fourth-order valence-electron chi connectivity index (χ4n) is 3.90. The van der Waals surface area contributed by atoms with Gasteiger partial charge in [-0.15, -0.1) is 0 Å². The molecule has 1 aliphatic rings. The molecule has 2 heterocycles. The molecule has 1 aromatic heterocycles. The first kappa shape index (κ1) is 22.5. The van der Waals surface area contributed by atoms with Crippen molar-refractivity contribution in [2.45, 2.75) is 38.1 Å². The Kier molecular flexibility index (Phi) is 6.95. The van der Waals surface area contributed by atoms with Gasteiger partial charge in [-0.25, -0.2) is 8.42 Å². The number of benzene rings is 1. The summed E-state index contributed by atoms with van der Waals surface area (Å²) >= 11 is 0. The summed E-state index contributed by atoms with van der Waals surface area (Å²) in [6, 6.07) is 9.32. The van der Waals surface area contributed by atoms with Crippen molar-refractivity contribution < 1.29 is 17.7 Å². The van der Waals surface area contributed by atoms with Crippen molar-refractivity contribution >= 4 is 15.9 Å². The summed E-state index contributed by atoms with van der Waals surface area (Å²) in [7, 11) is -1.79. The van der Waals surface area contributed by atoms with Gasteiger partial charge < -0.3 is 9.42 Å². The number of likely N-dealkylation sites (N-methyl/N-ethyl adjacent to an activating group) is 1. The number of carbonyl (C=O) groups excluding carboxylic acids is 1. The van der Waals surface area contributed by atoms with Gasteiger partial charge in [0.2, 0.25) is 15.9 Å². The third-order valence-electron chi connectivity index (χ3n) is 5.62. The lowest BCUT2D eigenvalue weighted by atomic mass is 10.0. The first-order valence-electron chi connectivity index (χ1n) is 10.2. The van der Waals surface area contributed by atoms with Crippen molar-refractivity contribution in [3.8, 4) is 0 Å². The van der Waals surface area contributed by atoms with Crippen LogP contribution in [0, 0.1) is 13.8 Å². The number of hydrogen-bond donors (Lipinski definition) is 0. The molecule has 0 aliphatic carbocycles. The Hall–Kier alpha value is -2.23. The first-order valence-corrected chi connectivity index (χ1v) is 11.7. The van der Waals surface area contributed by atoms with Crippen LogP contribution in [0.1, 0.15) is 36.4 Å². The highest BCUT2D eigenvalue weighted by atomic mass is 32.2. The summed E-state index contributed by atoms with van der Waals surface area (Å²) in [5.74, 6) is 0.292. The lowest BCUT2D eigenvalue weighted by molar-refractivity contribution is -0.136. The van der Waals surface area contributed by atoms with Crippen LogP contribution in [-0.4, -0.2) is 73.4 Å². The largest absolute Gasteiger partial charge is 0.360 e. The Morgan fingerprint density at radius 2 is 1.87 bits per heavy atom. The standard InChI is InChI=1S/C21H30N4O4S/c1-5-23(4)19(18-10-7-6-8-11-18)21(26)24-12-9-13-25(15-14-24)30(27,28)20-16(2)22-29-17(20)3/h6-8,10-11,19H,5,9,12-15H2,1-4H3. The monoisotopic (exact) mass is 434 g/mol. The van der Waals surface area contributed by atoms with E-state index in [0.29, 0.717) is 37.5 Å². The van der Waals surface area contributed by atoms with E-state index >= 15 is 0 Å². The number of amides is 1. The minimum Gasteiger partial charge on any atom is -0.360 e. The second-order valence-corrected chi connectivity index (χ2v) is 9.50. The van der Waals surface area contributed by atoms with E-state index in [9.17, 15) is 13.2 Å². The molecule has 1 saturated heterocycles. The molecule has 0 bridgehead atoms. The van der Waals surface area contributed by atoms with Gasteiger partial charge >= 0.3 is 0 Å². The number of rotatable bonds is 6. The molecule has 1 unspecified atom stereocenters. The summed E-state index contributed by atoms with van der Waals surface area (Å²) < 4.78 is 32.8. The SMILES string of the molecule is CCN(C)C(C(=O)N1CCCN(S(=O)(=O)c2c(C)noc2C)CC1)c1ccccc1. The van der Waals surface area contributed by atoms with Crippen LogP contribution in [0.25, 0.3) is 0 Å². The van der Waals surface area contributed by atoms with Crippen molar-refractivity contribution in [1.29, 1.82) is 0 Å². The third-order valence-corrected chi connectivity index (χ3v) is 7.76. The predicted molar refractivity (Wildman–Crippen MR) is 113 cm³/mol. The van der Waals surface area contributed by atoms with Crippen LogP contribution in [0.4, 0.5) is 0 Å². The molecule has 1 atom stereocenters. The van der Waals surface area contributed by atoms with Gasteiger partial charge in [0, 0.05) is 26.2 Å². The Morgan fingerprint density at radius 3 is 2.47 bits per heavy atom. The molecular weight excluding hydrogens is 404 g/mol. The lowest BCUT2D eigenvalue weighted by Crippen LogP contribution is -2.43. The molecule has 3 rings (SSSR count). The Morgan fingerprint density at radius 1 is 1.17 bits per heavy atom. The summed E-state index contributed by atoms with van der Waals surface area (Å²) in [5.41, 5.74) is 1.30. The van der Waals surface area contributed by atoms with Crippen molar-refractivity contribution in [3.05, 3.63) is 47.3 Å². The Labute approximate surface area is 178 Å². The number of hydrogen-bond acceptors (Lipinski definition) is 6. The summed E-state index contributed by atoms with van der Waals surface area (Å²) in [6.45, 7) is 7.45. The van der Waals surface area contributed by atoms with Gasteiger partial charge in [0.25, 0.3) is 0 Å². The van der Waals surface area contributed by atoms with Crippen molar-refractivity contribution in [2.75, 3.05) is 39.8 Å². The molecule has 1 amide bonds. The minimum absolute atomic E-state index is 0.00198. The maximum Gasteiger partial charge on any atom is 0.248 e. The molecule has 0 N–H and O–H groups in total. The number of nitrogens with zero attached hydrogens (tertiary/aromatic N) is 4. The van der Waals surface area contributed by atoms with E-state index in [-0.39, 0.29) is 23.4 Å². The van der Waals surface area contributed by atoms with Gasteiger partial charge in [0.05, 0.1) is 0 Å². The second kappa shape index (κ2) is 9.28. The van der Waals surface area contributed by atoms with Gasteiger partial charge in [-0.2, -0.15) is 4.31 Å².